The van der Waals surface area contributed by atoms with Gasteiger partial charge < -0.3 is 0 Å². The Hall–Kier alpha value is -2.81. The molecular formula is C22H24N2O. The number of para-hydroxylation sites is 1. The molecule has 1 heterocycles. The lowest BCUT2D eigenvalue weighted by molar-refractivity contribution is 0.630. The molecule has 0 unspecified atom stereocenters. The van der Waals surface area contributed by atoms with Gasteiger partial charge >= 0.3 is 0 Å². The van der Waals surface area contributed by atoms with Crippen molar-refractivity contribution >= 4 is 12.2 Å². The van der Waals surface area contributed by atoms with Crippen LogP contribution in [0.4, 0.5) is 0 Å². The van der Waals surface area contributed by atoms with E-state index in [-0.39, 0.29) is 5.56 Å². The van der Waals surface area contributed by atoms with Gasteiger partial charge in [-0.3, -0.25) is 9.48 Å². The number of hydrogen-bond acceptors (Lipinski definition) is 1. The van der Waals surface area contributed by atoms with E-state index in [9.17, 15) is 4.79 Å². The summed E-state index contributed by atoms with van der Waals surface area (Å²) in [6.45, 7) is 6.34. The minimum Gasteiger partial charge on any atom is -0.285 e. The molecule has 3 nitrogen and oxygen atoms in total. The predicted molar refractivity (Wildman–Crippen MR) is 105 cm³/mol. The van der Waals surface area contributed by atoms with Gasteiger partial charge in [0.1, 0.15) is 0 Å². The third kappa shape index (κ3) is 3.36. The van der Waals surface area contributed by atoms with E-state index in [1.165, 1.54) is 5.56 Å². The molecule has 0 aliphatic heterocycles. The summed E-state index contributed by atoms with van der Waals surface area (Å²) in [5.74, 6) is 0.521. The molecule has 2 aromatic carbocycles. The van der Waals surface area contributed by atoms with Crippen LogP contribution in [-0.4, -0.2) is 9.36 Å². The lowest BCUT2D eigenvalue weighted by Gasteiger charge is -2.07. The van der Waals surface area contributed by atoms with Gasteiger partial charge in [0.25, 0.3) is 5.56 Å². The van der Waals surface area contributed by atoms with Crippen LogP contribution >= 0.6 is 0 Å². The van der Waals surface area contributed by atoms with Crippen LogP contribution in [0, 0.1) is 6.92 Å². The normalized spacial score (nSPS) is 11.6. The number of aromatic nitrogens is 2. The van der Waals surface area contributed by atoms with Crippen molar-refractivity contribution in [1.29, 1.82) is 0 Å². The molecule has 0 radical (unpaired) electrons. The van der Waals surface area contributed by atoms with E-state index in [0.29, 0.717) is 5.92 Å². The van der Waals surface area contributed by atoms with Crippen molar-refractivity contribution in [3.8, 4) is 5.69 Å². The van der Waals surface area contributed by atoms with Gasteiger partial charge in [0.2, 0.25) is 0 Å². The molecule has 3 aromatic rings. The molecule has 0 saturated carbocycles. The van der Waals surface area contributed by atoms with E-state index in [2.05, 4.69) is 38.1 Å². The second kappa shape index (κ2) is 6.98. The van der Waals surface area contributed by atoms with Gasteiger partial charge in [0, 0.05) is 12.7 Å². The van der Waals surface area contributed by atoms with Crippen molar-refractivity contribution in [2.24, 2.45) is 7.05 Å². The highest BCUT2D eigenvalue weighted by atomic mass is 16.1. The maximum Gasteiger partial charge on any atom is 0.278 e. The van der Waals surface area contributed by atoms with Crippen LogP contribution in [0.5, 0.6) is 0 Å². The fraction of sp³-hybridized carbons (Fsp3) is 0.227. The highest BCUT2D eigenvalue weighted by Gasteiger charge is 2.13. The monoisotopic (exact) mass is 332 g/mol. The van der Waals surface area contributed by atoms with Crippen molar-refractivity contribution in [3.05, 3.63) is 87.3 Å². The number of benzene rings is 2. The second-order valence-electron chi connectivity index (χ2n) is 6.63. The van der Waals surface area contributed by atoms with Crippen LogP contribution in [0.25, 0.3) is 17.8 Å². The van der Waals surface area contributed by atoms with Crippen molar-refractivity contribution in [2.45, 2.75) is 26.7 Å². The van der Waals surface area contributed by atoms with Gasteiger partial charge in [0.05, 0.1) is 11.3 Å². The Morgan fingerprint density at radius 1 is 0.920 bits per heavy atom. The first-order valence-electron chi connectivity index (χ1n) is 8.61. The van der Waals surface area contributed by atoms with E-state index in [0.717, 1.165) is 22.5 Å². The Kier molecular flexibility index (Phi) is 4.75. The molecule has 128 valence electrons. The Labute approximate surface area is 148 Å². The van der Waals surface area contributed by atoms with E-state index < -0.39 is 0 Å². The SMILES string of the molecule is Cc1c(C=Cc2ccc(C(C)C)cc2)c(=O)n(-c2ccccc2)n1C. The largest absolute Gasteiger partial charge is 0.285 e. The maximum absolute atomic E-state index is 12.9. The number of rotatable bonds is 4. The highest BCUT2D eigenvalue weighted by molar-refractivity contribution is 5.70. The Morgan fingerprint density at radius 2 is 1.56 bits per heavy atom. The summed E-state index contributed by atoms with van der Waals surface area (Å²) >= 11 is 0. The minimum atomic E-state index is 0.00116. The lowest BCUT2D eigenvalue weighted by Crippen LogP contribution is -2.20. The van der Waals surface area contributed by atoms with Gasteiger partial charge in [-0.25, -0.2) is 4.68 Å². The van der Waals surface area contributed by atoms with Crippen molar-refractivity contribution in [2.75, 3.05) is 0 Å². The molecule has 0 aliphatic rings. The van der Waals surface area contributed by atoms with Gasteiger partial charge in [-0.05, 0) is 42.2 Å². The van der Waals surface area contributed by atoms with E-state index in [1.54, 1.807) is 4.68 Å². The Morgan fingerprint density at radius 3 is 2.16 bits per heavy atom. The first-order valence-corrected chi connectivity index (χ1v) is 8.61. The summed E-state index contributed by atoms with van der Waals surface area (Å²) in [6.07, 6.45) is 3.92. The minimum absolute atomic E-state index is 0.00116. The van der Waals surface area contributed by atoms with Crippen molar-refractivity contribution in [3.63, 3.8) is 0 Å². The zero-order valence-electron chi connectivity index (χ0n) is 15.2. The zero-order chi connectivity index (χ0) is 18.0. The third-order valence-electron chi connectivity index (χ3n) is 4.64. The molecule has 25 heavy (non-hydrogen) atoms. The topological polar surface area (TPSA) is 26.9 Å². The summed E-state index contributed by atoms with van der Waals surface area (Å²) in [6, 6.07) is 18.2. The highest BCUT2D eigenvalue weighted by Crippen LogP contribution is 2.17. The van der Waals surface area contributed by atoms with Crippen LogP contribution < -0.4 is 5.56 Å². The molecule has 0 spiro atoms. The summed E-state index contributed by atoms with van der Waals surface area (Å²) in [4.78, 5) is 12.9. The molecule has 0 aliphatic carbocycles. The van der Waals surface area contributed by atoms with Gasteiger partial charge in [-0.2, -0.15) is 0 Å². The number of nitrogens with zero attached hydrogens (tertiary/aromatic N) is 2. The first-order chi connectivity index (χ1) is 12.0. The van der Waals surface area contributed by atoms with E-state index in [1.807, 2.05) is 61.1 Å². The summed E-state index contributed by atoms with van der Waals surface area (Å²) in [5, 5.41) is 0. The van der Waals surface area contributed by atoms with Crippen molar-refractivity contribution in [1.82, 2.24) is 9.36 Å². The zero-order valence-corrected chi connectivity index (χ0v) is 15.2. The smallest absolute Gasteiger partial charge is 0.278 e. The molecule has 0 fully saturated rings. The molecule has 0 saturated heterocycles. The van der Waals surface area contributed by atoms with Gasteiger partial charge in [0.15, 0.2) is 0 Å². The summed E-state index contributed by atoms with van der Waals surface area (Å²) in [7, 11) is 1.92. The molecule has 0 bridgehead atoms. The summed E-state index contributed by atoms with van der Waals surface area (Å²) < 4.78 is 3.61. The molecule has 0 N–H and O–H groups in total. The molecule has 0 amide bonds. The van der Waals surface area contributed by atoms with Crippen LogP contribution in [0.2, 0.25) is 0 Å². The first kappa shape index (κ1) is 17.0. The Balaban J connectivity index is 1.97. The lowest BCUT2D eigenvalue weighted by atomic mass is 10.0. The number of hydrogen-bond donors (Lipinski definition) is 0. The van der Waals surface area contributed by atoms with E-state index in [4.69, 9.17) is 0 Å². The average Bonchev–Trinajstić information content (AvgIpc) is 2.83. The summed E-state index contributed by atoms with van der Waals surface area (Å²) in [5.41, 5.74) is 4.96. The van der Waals surface area contributed by atoms with E-state index >= 15 is 0 Å². The third-order valence-corrected chi connectivity index (χ3v) is 4.64. The fourth-order valence-electron chi connectivity index (χ4n) is 2.95. The van der Waals surface area contributed by atoms with Gasteiger partial charge in [-0.15, -0.1) is 0 Å². The molecule has 0 atom stereocenters. The van der Waals surface area contributed by atoms with Crippen molar-refractivity contribution < 1.29 is 0 Å². The maximum atomic E-state index is 12.9. The average molecular weight is 332 g/mol. The quantitative estimate of drug-likeness (QED) is 0.675. The molecule has 3 heteroatoms. The van der Waals surface area contributed by atoms with Crippen LogP contribution in [0.15, 0.2) is 59.4 Å². The molecule has 3 rings (SSSR count). The molecular weight excluding hydrogens is 308 g/mol. The predicted octanol–water partition coefficient (Wildman–Crippen LogP) is 4.78. The molecule has 1 aromatic heterocycles. The Bertz CT molecular complexity index is 942. The fourth-order valence-corrected chi connectivity index (χ4v) is 2.95. The van der Waals surface area contributed by atoms with Crippen LogP contribution in [0.3, 0.4) is 0 Å². The standard InChI is InChI=1S/C22H24N2O/c1-16(2)19-13-10-18(11-14-19)12-15-21-17(3)23(4)24(22(21)25)20-8-6-5-7-9-20/h5-16H,1-4H3. The van der Waals surface area contributed by atoms with Gasteiger partial charge in [-0.1, -0.05) is 62.4 Å². The second-order valence-corrected chi connectivity index (χ2v) is 6.63. The van der Waals surface area contributed by atoms with Crippen LogP contribution in [0.1, 0.15) is 42.1 Å². The van der Waals surface area contributed by atoms with Crippen LogP contribution in [-0.2, 0) is 7.05 Å².